The normalized spacial score (nSPS) is 11.0. The highest BCUT2D eigenvalue weighted by Gasteiger charge is 2.36. The second-order valence-corrected chi connectivity index (χ2v) is 6.74. The summed E-state index contributed by atoms with van der Waals surface area (Å²) in [7, 11) is -4.29. The zero-order valence-electron chi connectivity index (χ0n) is 14.5. The van der Waals surface area contributed by atoms with Crippen molar-refractivity contribution in [3.63, 3.8) is 0 Å². The van der Waals surface area contributed by atoms with Crippen LogP contribution in [-0.4, -0.2) is 24.4 Å². The lowest BCUT2D eigenvalue weighted by Gasteiger charge is -2.08. The van der Waals surface area contributed by atoms with Crippen LogP contribution in [0.25, 0.3) is 0 Å². The van der Waals surface area contributed by atoms with E-state index < -0.39 is 15.6 Å². The molecule has 0 aliphatic heterocycles. The van der Waals surface area contributed by atoms with E-state index in [0.717, 1.165) is 11.1 Å². The molecule has 0 aliphatic rings. The van der Waals surface area contributed by atoms with Crippen molar-refractivity contribution < 1.29 is 40.2 Å². The standard InChI is InChI=1S/C16H15N2O2.CHF3O3S/c1-18-8-7-14(9-15(18)11-17)12-20-16(19)10-13-5-3-2-4-6-13;2-1(3,4)8(5,6)7/h2-9H,10,12H2,1H3;(H,5,6,7)/q+1;/p-1. The van der Waals surface area contributed by atoms with Gasteiger partial charge in [-0.25, -0.2) is 8.42 Å². The van der Waals surface area contributed by atoms with Crippen molar-refractivity contribution in [2.45, 2.75) is 18.5 Å². The molecule has 0 saturated heterocycles. The van der Waals surface area contributed by atoms with Gasteiger partial charge in [0, 0.05) is 17.7 Å². The maximum Gasteiger partial charge on any atom is 0.485 e. The molecule has 28 heavy (non-hydrogen) atoms. The van der Waals surface area contributed by atoms with E-state index in [1.807, 2.05) is 36.4 Å². The summed E-state index contributed by atoms with van der Waals surface area (Å²) in [5.41, 5.74) is -3.38. The number of aromatic nitrogens is 1. The van der Waals surface area contributed by atoms with Gasteiger partial charge in [0.15, 0.2) is 22.4 Å². The molecular weight excluding hydrogens is 401 g/mol. The number of hydrogen-bond acceptors (Lipinski definition) is 6. The third-order valence-corrected chi connectivity index (χ3v) is 3.77. The van der Waals surface area contributed by atoms with Gasteiger partial charge in [0.05, 0.1) is 6.42 Å². The monoisotopic (exact) mass is 416 g/mol. The van der Waals surface area contributed by atoms with E-state index >= 15 is 0 Å². The number of benzene rings is 1. The summed E-state index contributed by atoms with van der Waals surface area (Å²) in [4.78, 5) is 11.7. The smallest absolute Gasteiger partial charge is 0.485 e. The quantitative estimate of drug-likeness (QED) is 0.325. The highest BCUT2D eigenvalue weighted by Crippen LogP contribution is 2.20. The first kappa shape index (κ1) is 23.1. The molecule has 150 valence electrons. The van der Waals surface area contributed by atoms with E-state index in [2.05, 4.69) is 6.07 Å². The fourth-order valence-corrected chi connectivity index (χ4v) is 1.79. The topological polar surface area (TPSA) is 111 Å². The van der Waals surface area contributed by atoms with E-state index in [1.54, 1.807) is 23.9 Å². The van der Waals surface area contributed by atoms with Gasteiger partial charge in [-0.1, -0.05) is 30.3 Å². The molecule has 2 rings (SSSR count). The Balaban J connectivity index is 0.000000416. The number of esters is 1. The molecule has 7 nitrogen and oxygen atoms in total. The number of nitrogens with zero attached hydrogens (tertiary/aromatic N) is 2. The molecule has 1 aromatic carbocycles. The van der Waals surface area contributed by atoms with Crippen molar-refractivity contribution >= 4 is 16.1 Å². The number of carbonyl (C=O) groups is 1. The largest absolute Gasteiger partial charge is 0.741 e. The van der Waals surface area contributed by atoms with E-state index in [0.29, 0.717) is 5.69 Å². The number of nitriles is 1. The molecule has 1 heterocycles. The van der Waals surface area contributed by atoms with Crippen LogP contribution in [0.4, 0.5) is 13.2 Å². The third-order valence-electron chi connectivity index (χ3n) is 3.20. The molecule has 0 N–H and O–H groups in total. The predicted octanol–water partition coefficient (Wildman–Crippen LogP) is 1.72. The number of ether oxygens (including phenoxy) is 1. The second kappa shape index (κ2) is 9.82. The average Bonchev–Trinajstić information content (AvgIpc) is 2.61. The van der Waals surface area contributed by atoms with Crippen LogP contribution in [0.2, 0.25) is 0 Å². The van der Waals surface area contributed by atoms with Gasteiger partial charge < -0.3 is 9.29 Å². The van der Waals surface area contributed by atoms with Crippen LogP contribution in [0.5, 0.6) is 0 Å². The lowest BCUT2D eigenvalue weighted by molar-refractivity contribution is -0.674. The molecule has 0 aliphatic carbocycles. The Morgan fingerprint density at radius 1 is 1.21 bits per heavy atom. The Hall–Kier alpha value is -2.97. The Labute approximate surface area is 159 Å². The van der Waals surface area contributed by atoms with Crippen LogP contribution in [0.15, 0.2) is 48.7 Å². The predicted molar refractivity (Wildman–Crippen MR) is 88.0 cm³/mol. The maximum absolute atomic E-state index is 11.7. The summed E-state index contributed by atoms with van der Waals surface area (Å²) in [5, 5.41) is 8.94. The molecular formula is C17H15F3N2O5S. The van der Waals surface area contributed by atoms with Crippen molar-refractivity contribution in [2.75, 3.05) is 0 Å². The van der Waals surface area contributed by atoms with Crippen molar-refractivity contribution in [3.8, 4) is 6.07 Å². The second-order valence-electron chi connectivity index (χ2n) is 5.37. The summed E-state index contributed by atoms with van der Waals surface area (Å²) in [6.45, 7) is 0.182. The molecule has 11 heteroatoms. The minimum Gasteiger partial charge on any atom is -0.741 e. The zero-order valence-corrected chi connectivity index (χ0v) is 15.3. The molecule has 0 amide bonds. The van der Waals surface area contributed by atoms with E-state index in [9.17, 15) is 18.0 Å². The molecule has 0 atom stereocenters. The van der Waals surface area contributed by atoms with Crippen molar-refractivity contribution in [1.82, 2.24) is 0 Å². The van der Waals surface area contributed by atoms with E-state index in [-0.39, 0.29) is 19.0 Å². The molecule has 2 aromatic rings. The Morgan fingerprint density at radius 3 is 2.29 bits per heavy atom. The Morgan fingerprint density at radius 2 is 1.79 bits per heavy atom. The van der Waals surface area contributed by atoms with Crippen molar-refractivity contribution in [1.29, 1.82) is 5.26 Å². The maximum atomic E-state index is 11.7. The SMILES string of the molecule is C[n+]1ccc(COC(=O)Cc2ccccc2)cc1C#N.O=S(=O)([O-])C(F)(F)F. The van der Waals surface area contributed by atoms with Crippen molar-refractivity contribution in [2.24, 2.45) is 7.05 Å². The number of rotatable bonds is 4. The zero-order chi connectivity index (χ0) is 21.4. The fourth-order valence-electron chi connectivity index (χ4n) is 1.79. The number of alkyl halides is 3. The van der Waals surface area contributed by atoms with Crippen LogP contribution in [0.1, 0.15) is 16.8 Å². The first-order chi connectivity index (χ1) is 12.9. The molecule has 1 aromatic heterocycles. The number of carbonyl (C=O) groups excluding carboxylic acids is 1. The van der Waals surface area contributed by atoms with Crippen LogP contribution >= 0.6 is 0 Å². The van der Waals surface area contributed by atoms with E-state index in [1.165, 1.54) is 0 Å². The van der Waals surface area contributed by atoms with Crippen LogP contribution in [0, 0.1) is 11.3 Å². The average molecular weight is 416 g/mol. The summed E-state index contributed by atoms with van der Waals surface area (Å²) in [6.07, 6.45) is 2.03. The number of pyridine rings is 1. The number of hydrogen-bond donors (Lipinski definition) is 0. The molecule has 0 fully saturated rings. The van der Waals surface area contributed by atoms with Crippen LogP contribution < -0.4 is 4.57 Å². The first-order valence-corrected chi connectivity index (χ1v) is 8.95. The lowest BCUT2D eigenvalue weighted by atomic mass is 10.1. The number of aryl methyl sites for hydroxylation is 1. The third kappa shape index (κ3) is 7.73. The highest BCUT2D eigenvalue weighted by molar-refractivity contribution is 7.86. The number of halogens is 3. The first-order valence-electron chi connectivity index (χ1n) is 7.54. The summed E-state index contributed by atoms with van der Waals surface area (Å²) in [6, 6.07) is 15.1. The van der Waals surface area contributed by atoms with E-state index in [4.69, 9.17) is 23.0 Å². The molecule has 0 unspecified atom stereocenters. The van der Waals surface area contributed by atoms with Gasteiger partial charge in [0.1, 0.15) is 13.7 Å². The van der Waals surface area contributed by atoms with Gasteiger partial charge in [-0.05, 0) is 5.56 Å². The summed E-state index contributed by atoms with van der Waals surface area (Å²) >= 11 is 0. The Bertz CT molecular complexity index is 955. The van der Waals surface area contributed by atoms with Gasteiger partial charge in [-0.2, -0.15) is 23.0 Å². The van der Waals surface area contributed by atoms with Crippen LogP contribution in [0.3, 0.4) is 0 Å². The van der Waals surface area contributed by atoms with Gasteiger partial charge >= 0.3 is 11.5 Å². The molecule has 0 spiro atoms. The van der Waals surface area contributed by atoms with Gasteiger partial charge in [0.25, 0.3) is 5.69 Å². The van der Waals surface area contributed by atoms with Gasteiger partial charge in [0.2, 0.25) is 0 Å². The minimum atomic E-state index is -6.09. The Kier molecular flexibility index (Phi) is 8.09. The summed E-state index contributed by atoms with van der Waals surface area (Å²) < 4.78 is 65.8. The van der Waals surface area contributed by atoms with Gasteiger partial charge in [-0.15, -0.1) is 0 Å². The fraction of sp³-hybridized carbons (Fsp3) is 0.235. The summed E-state index contributed by atoms with van der Waals surface area (Å²) in [5.74, 6) is -0.275. The van der Waals surface area contributed by atoms with Gasteiger partial charge in [-0.3, -0.25) is 4.79 Å². The molecule has 0 saturated carbocycles. The van der Waals surface area contributed by atoms with Crippen molar-refractivity contribution in [3.05, 3.63) is 65.5 Å². The molecule has 0 bridgehead atoms. The molecule has 0 radical (unpaired) electrons. The minimum absolute atomic E-state index is 0.182. The highest BCUT2D eigenvalue weighted by atomic mass is 32.2. The lowest BCUT2D eigenvalue weighted by Crippen LogP contribution is -2.31. The van der Waals surface area contributed by atoms with Crippen LogP contribution in [-0.2, 0) is 39.7 Å².